The number of carbonyl (C=O) groups excluding carboxylic acids is 2. The molecule has 0 saturated carbocycles. The van der Waals surface area contributed by atoms with Crippen molar-refractivity contribution in [1.29, 1.82) is 0 Å². The summed E-state index contributed by atoms with van der Waals surface area (Å²) in [5.74, 6) is 6.83. The third kappa shape index (κ3) is 3.87. The lowest BCUT2D eigenvalue weighted by Crippen LogP contribution is -2.24. The Morgan fingerprint density at radius 1 is 1.26 bits per heavy atom. The standard InChI is InChI=1S/C18H19N5O3S/c1-10(24)13-6-4-5-7-15(13)20-17(25)12(3)27-18-22-21-16(23(18)19)14-8-9-26-11(14)2/h4-9,12H,19H2,1-3H3,(H,20,25). The second-order valence-electron chi connectivity index (χ2n) is 5.92. The van der Waals surface area contributed by atoms with Gasteiger partial charge < -0.3 is 15.6 Å². The summed E-state index contributed by atoms with van der Waals surface area (Å²) in [4.78, 5) is 24.2. The minimum atomic E-state index is -0.505. The van der Waals surface area contributed by atoms with Crippen LogP contribution in [0.2, 0.25) is 0 Å². The van der Waals surface area contributed by atoms with Gasteiger partial charge in [0.25, 0.3) is 0 Å². The van der Waals surface area contributed by atoms with Crippen LogP contribution in [0.3, 0.4) is 0 Å². The highest BCUT2D eigenvalue weighted by atomic mass is 32.2. The van der Waals surface area contributed by atoms with Gasteiger partial charge in [0.05, 0.1) is 22.8 Å². The van der Waals surface area contributed by atoms with E-state index in [4.69, 9.17) is 10.3 Å². The average molecular weight is 385 g/mol. The predicted molar refractivity (Wildman–Crippen MR) is 103 cm³/mol. The first-order valence-corrected chi connectivity index (χ1v) is 9.09. The topological polar surface area (TPSA) is 116 Å². The number of furan rings is 1. The average Bonchev–Trinajstić information content (AvgIpc) is 3.21. The normalized spacial score (nSPS) is 12.0. The molecule has 0 aliphatic rings. The van der Waals surface area contributed by atoms with Crippen molar-refractivity contribution in [3.63, 3.8) is 0 Å². The number of anilines is 1. The minimum absolute atomic E-state index is 0.118. The van der Waals surface area contributed by atoms with Crippen LogP contribution < -0.4 is 11.2 Å². The van der Waals surface area contributed by atoms with Gasteiger partial charge in [-0.15, -0.1) is 10.2 Å². The molecule has 3 aromatic rings. The lowest BCUT2D eigenvalue weighted by atomic mass is 10.1. The Morgan fingerprint density at radius 3 is 2.67 bits per heavy atom. The van der Waals surface area contributed by atoms with E-state index in [2.05, 4.69) is 15.5 Å². The van der Waals surface area contributed by atoms with Gasteiger partial charge in [-0.25, -0.2) is 4.68 Å². The molecule has 3 rings (SSSR count). The van der Waals surface area contributed by atoms with Crippen LogP contribution in [0.15, 0.2) is 46.2 Å². The zero-order chi connectivity index (χ0) is 19.6. The van der Waals surface area contributed by atoms with Crippen molar-refractivity contribution in [3.8, 4) is 11.4 Å². The fourth-order valence-corrected chi connectivity index (χ4v) is 3.27. The van der Waals surface area contributed by atoms with E-state index in [0.717, 1.165) is 5.56 Å². The maximum atomic E-state index is 12.5. The molecule has 1 amide bonds. The number of amides is 1. The molecule has 8 nitrogen and oxygen atoms in total. The number of ketones is 1. The zero-order valence-electron chi connectivity index (χ0n) is 15.1. The van der Waals surface area contributed by atoms with Gasteiger partial charge in [-0.2, -0.15) is 0 Å². The maximum Gasteiger partial charge on any atom is 0.237 e. The van der Waals surface area contributed by atoms with E-state index in [-0.39, 0.29) is 11.7 Å². The molecule has 140 valence electrons. The summed E-state index contributed by atoms with van der Waals surface area (Å²) in [7, 11) is 0. The van der Waals surface area contributed by atoms with Crippen LogP contribution in [0.25, 0.3) is 11.4 Å². The molecule has 0 radical (unpaired) electrons. The number of hydrogen-bond donors (Lipinski definition) is 2. The summed E-state index contributed by atoms with van der Waals surface area (Å²) >= 11 is 1.17. The lowest BCUT2D eigenvalue weighted by Gasteiger charge is -2.13. The Hall–Kier alpha value is -3.07. The van der Waals surface area contributed by atoms with Crippen LogP contribution in [0.4, 0.5) is 5.69 Å². The van der Waals surface area contributed by atoms with Gasteiger partial charge in [0.1, 0.15) is 5.76 Å². The van der Waals surface area contributed by atoms with Crippen LogP contribution in [0.5, 0.6) is 0 Å². The number of nitrogens with two attached hydrogens (primary N) is 1. The number of benzene rings is 1. The Bertz CT molecular complexity index is 995. The molecule has 2 heterocycles. The zero-order valence-corrected chi connectivity index (χ0v) is 15.9. The van der Waals surface area contributed by atoms with Gasteiger partial charge in [0.2, 0.25) is 11.1 Å². The van der Waals surface area contributed by atoms with Crippen LogP contribution in [0.1, 0.15) is 30.0 Å². The second-order valence-corrected chi connectivity index (χ2v) is 7.23. The molecule has 3 N–H and O–H groups in total. The molecule has 9 heteroatoms. The number of rotatable bonds is 6. The third-order valence-electron chi connectivity index (χ3n) is 3.98. The largest absolute Gasteiger partial charge is 0.469 e. The molecule has 0 fully saturated rings. The summed E-state index contributed by atoms with van der Waals surface area (Å²) in [5, 5.41) is 10.8. The molecule has 0 spiro atoms. The van der Waals surface area contributed by atoms with E-state index < -0.39 is 5.25 Å². The van der Waals surface area contributed by atoms with E-state index in [9.17, 15) is 9.59 Å². The molecule has 0 saturated heterocycles. The number of hydrogen-bond acceptors (Lipinski definition) is 7. The summed E-state index contributed by atoms with van der Waals surface area (Å²) in [5.41, 5.74) is 1.68. The van der Waals surface area contributed by atoms with Crippen molar-refractivity contribution < 1.29 is 14.0 Å². The lowest BCUT2D eigenvalue weighted by molar-refractivity contribution is -0.115. The monoisotopic (exact) mass is 385 g/mol. The highest BCUT2D eigenvalue weighted by Gasteiger charge is 2.22. The maximum absolute atomic E-state index is 12.5. The molecule has 1 unspecified atom stereocenters. The Kier molecular flexibility index (Phi) is 5.31. The van der Waals surface area contributed by atoms with Crippen molar-refractivity contribution in [2.75, 3.05) is 11.2 Å². The summed E-state index contributed by atoms with van der Waals surface area (Å²) in [6, 6.07) is 8.63. The summed E-state index contributed by atoms with van der Waals surface area (Å²) < 4.78 is 6.59. The van der Waals surface area contributed by atoms with Gasteiger partial charge in [-0.05, 0) is 39.0 Å². The van der Waals surface area contributed by atoms with Crippen LogP contribution in [0, 0.1) is 6.92 Å². The third-order valence-corrected chi connectivity index (χ3v) is 5.04. The van der Waals surface area contributed by atoms with Crippen molar-refractivity contribution in [2.24, 2.45) is 0 Å². The molecule has 0 aliphatic heterocycles. The van der Waals surface area contributed by atoms with E-state index in [1.807, 2.05) is 0 Å². The molecular formula is C18H19N5O3S. The molecular weight excluding hydrogens is 366 g/mol. The van der Waals surface area contributed by atoms with E-state index in [0.29, 0.717) is 28.0 Å². The smallest absolute Gasteiger partial charge is 0.237 e. The molecule has 0 bridgehead atoms. The summed E-state index contributed by atoms with van der Waals surface area (Å²) in [6.45, 7) is 4.99. The Labute approximate surface area is 160 Å². The van der Waals surface area contributed by atoms with Gasteiger partial charge >= 0.3 is 0 Å². The number of thioether (sulfide) groups is 1. The number of carbonyl (C=O) groups is 2. The predicted octanol–water partition coefficient (Wildman–Crippen LogP) is 2.88. The minimum Gasteiger partial charge on any atom is -0.469 e. The number of nitrogens with zero attached hydrogens (tertiary/aromatic N) is 3. The fourth-order valence-electron chi connectivity index (χ4n) is 2.50. The van der Waals surface area contributed by atoms with Crippen LogP contribution >= 0.6 is 11.8 Å². The molecule has 1 atom stereocenters. The first kappa shape index (κ1) is 18.7. The highest BCUT2D eigenvalue weighted by Crippen LogP contribution is 2.27. The Balaban J connectivity index is 1.74. The second kappa shape index (κ2) is 7.67. The van der Waals surface area contributed by atoms with E-state index >= 15 is 0 Å². The van der Waals surface area contributed by atoms with Gasteiger partial charge in [-0.1, -0.05) is 23.9 Å². The van der Waals surface area contributed by atoms with E-state index in [1.54, 1.807) is 50.4 Å². The van der Waals surface area contributed by atoms with Crippen molar-refractivity contribution in [3.05, 3.63) is 47.9 Å². The Morgan fingerprint density at radius 2 is 2.00 bits per heavy atom. The first-order chi connectivity index (χ1) is 12.9. The molecule has 1 aromatic carbocycles. The van der Waals surface area contributed by atoms with Crippen LogP contribution in [-0.2, 0) is 4.79 Å². The molecule has 0 aliphatic carbocycles. The highest BCUT2D eigenvalue weighted by molar-refractivity contribution is 8.00. The van der Waals surface area contributed by atoms with Crippen LogP contribution in [-0.4, -0.2) is 31.8 Å². The number of nitrogens with one attached hydrogen (secondary N) is 1. The molecule has 2 aromatic heterocycles. The number of aryl methyl sites for hydroxylation is 1. The van der Waals surface area contributed by atoms with Gasteiger partial charge in [-0.3, -0.25) is 9.59 Å². The fraction of sp³-hybridized carbons (Fsp3) is 0.222. The number of aromatic nitrogens is 3. The first-order valence-electron chi connectivity index (χ1n) is 8.21. The quantitative estimate of drug-likeness (QED) is 0.381. The SMILES string of the molecule is CC(=O)c1ccccc1NC(=O)C(C)Sc1nnc(-c2ccoc2C)n1N. The van der Waals surface area contributed by atoms with Crippen molar-refractivity contribution >= 4 is 29.1 Å². The number of Topliss-reactive ketones (excluding diaryl/α,β-unsaturated/α-hetero) is 1. The molecule has 27 heavy (non-hydrogen) atoms. The van der Waals surface area contributed by atoms with Crippen molar-refractivity contribution in [1.82, 2.24) is 14.9 Å². The number of para-hydroxylation sites is 1. The van der Waals surface area contributed by atoms with Gasteiger partial charge in [0.15, 0.2) is 11.6 Å². The van der Waals surface area contributed by atoms with Gasteiger partial charge in [0, 0.05) is 5.56 Å². The van der Waals surface area contributed by atoms with E-state index in [1.165, 1.54) is 23.4 Å². The van der Waals surface area contributed by atoms with Crippen molar-refractivity contribution in [2.45, 2.75) is 31.2 Å². The number of nitrogen functional groups attached to an aromatic ring is 1. The summed E-state index contributed by atoms with van der Waals surface area (Å²) in [6.07, 6.45) is 1.55.